The highest BCUT2D eigenvalue weighted by Crippen LogP contribution is 2.34. The number of benzene rings is 1. The first-order chi connectivity index (χ1) is 9.18. The third-order valence-electron chi connectivity index (χ3n) is 3.11. The maximum Gasteiger partial charge on any atom is 0.419 e. The number of alkyl halides is 3. The summed E-state index contributed by atoms with van der Waals surface area (Å²) in [5.41, 5.74) is -2.55. The Kier molecular flexibility index (Phi) is 5.53. The maximum absolute atomic E-state index is 13.5. The number of hydrogen-bond acceptors (Lipinski definition) is 2. The molecule has 0 saturated heterocycles. The van der Waals surface area contributed by atoms with Crippen LogP contribution >= 0.6 is 0 Å². The lowest BCUT2D eigenvalue weighted by molar-refractivity contribution is -0.140. The number of halogens is 4. The predicted octanol–water partition coefficient (Wildman–Crippen LogP) is 3.44. The summed E-state index contributed by atoms with van der Waals surface area (Å²) >= 11 is 0. The minimum atomic E-state index is -4.73. The minimum Gasteiger partial charge on any atom is -0.385 e. The zero-order chi connectivity index (χ0) is 15.4. The van der Waals surface area contributed by atoms with Crippen molar-refractivity contribution in [1.29, 1.82) is 0 Å². The van der Waals surface area contributed by atoms with Gasteiger partial charge in [0.2, 0.25) is 0 Å². The SMILES string of the molecule is CCCNCCC(C)(O)c1ccc(C(F)(F)F)c(F)c1. The van der Waals surface area contributed by atoms with Gasteiger partial charge in [0.1, 0.15) is 5.82 Å². The molecule has 0 saturated carbocycles. The topological polar surface area (TPSA) is 32.3 Å². The van der Waals surface area contributed by atoms with E-state index in [4.69, 9.17) is 0 Å². The molecule has 2 N–H and O–H groups in total. The van der Waals surface area contributed by atoms with Gasteiger partial charge in [0.05, 0.1) is 11.2 Å². The van der Waals surface area contributed by atoms with Crippen molar-refractivity contribution in [3.63, 3.8) is 0 Å². The highest BCUT2D eigenvalue weighted by atomic mass is 19.4. The van der Waals surface area contributed by atoms with Crippen molar-refractivity contribution in [1.82, 2.24) is 5.32 Å². The number of rotatable bonds is 6. The van der Waals surface area contributed by atoms with Crippen molar-refractivity contribution in [2.45, 2.75) is 38.5 Å². The van der Waals surface area contributed by atoms with Gasteiger partial charge in [0.15, 0.2) is 0 Å². The third-order valence-corrected chi connectivity index (χ3v) is 3.11. The average Bonchev–Trinajstić information content (AvgIpc) is 2.33. The van der Waals surface area contributed by atoms with Gasteiger partial charge in [-0.25, -0.2) is 4.39 Å². The summed E-state index contributed by atoms with van der Waals surface area (Å²) < 4.78 is 50.8. The van der Waals surface area contributed by atoms with Crippen LogP contribution in [0.5, 0.6) is 0 Å². The summed E-state index contributed by atoms with van der Waals surface area (Å²) in [6.07, 6.45) is -3.49. The summed E-state index contributed by atoms with van der Waals surface area (Å²) in [5, 5.41) is 13.3. The number of nitrogens with one attached hydrogen (secondary N) is 1. The lowest BCUT2D eigenvalue weighted by Gasteiger charge is -2.24. The molecule has 0 aliphatic carbocycles. The van der Waals surface area contributed by atoms with Gasteiger partial charge in [0, 0.05) is 0 Å². The van der Waals surface area contributed by atoms with Crippen LogP contribution in [0.4, 0.5) is 17.6 Å². The molecule has 1 unspecified atom stereocenters. The Morgan fingerprint density at radius 1 is 1.20 bits per heavy atom. The van der Waals surface area contributed by atoms with Gasteiger partial charge in [-0.3, -0.25) is 0 Å². The van der Waals surface area contributed by atoms with Crippen molar-refractivity contribution < 1.29 is 22.7 Å². The maximum atomic E-state index is 13.5. The van der Waals surface area contributed by atoms with Gasteiger partial charge in [-0.05, 0) is 50.6 Å². The van der Waals surface area contributed by atoms with E-state index < -0.39 is 23.2 Å². The lowest BCUT2D eigenvalue weighted by atomic mass is 9.91. The first kappa shape index (κ1) is 16.9. The molecule has 0 heterocycles. The molecule has 114 valence electrons. The number of aliphatic hydroxyl groups is 1. The van der Waals surface area contributed by atoms with Crippen molar-refractivity contribution in [3.8, 4) is 0 Å². The van der Waals surface area contributed by atoms with Gasteiger partial charge >= 0.3 is 6.18 Å². The fourth-order valence-electron chi connectivity index (χ4n) is 1.86. The van der Waals surface area contributed by atoms with E-state index in [9.17, 15) is 22.7 Å². The zero-order valence-corrected chi connectivity index (χ0v) is 11.5. The Bertz CT molecular complexity index is 443. The van der Waals surface area contributed by atoms with E-state index in [2.05, 4.69) is 5.32 Å². The average molecular weight is 293 g/mol. The quantitative estimate of drug-likeness (QED) is 0.622. The molecule has 2 nitrogen and oxygen atoms in total. The van der Waals surface area contributed by atoms with Gasteiger partial charge in [-0.2, -0.15) is 13.2 Å². The van der Waals surface area contributed by atoms with Gasteiger partial charge in [-0.15, -0.1) is 0 Å². The molecule has 20 heavy (non-hydrogen) atoms. The minimum absolute atomic E-state index is 0.140. The van der Waals surface area contributed by atoms with Crippen LogP contribution in [-0.2, 0) is 11.8 Å². The van der Waals surface area contributed by atoms with Crippen LogP contribution in [0.1, 0.15) is 37.8 Å². The Morgan fingerprint density at radius 2 is 1.85 bits per heavy atom. The Balaban J connectivity index is 2.83. The molecule has 0 aliphatic heterocycles. The fraction of sp³-hybridized carbons (Fsp3) is 0.571. The second kappa shape index (κ2) is 6.54. The molecule has 0 amide bonds. The van der Waals surface area contributed by atoms with Crippen molar-refractivity contribution >= 4 is 0 Å². The fourth-order valence-corrected chi connectivity index (χ4v) is 1.86. The molecule has 1 aromatic rings. The highest BCUT2D eigenvalue weighted by Gasteiger charge is 2.35. The van der Waals surface area contributed by atoms with Crippen molar-refractivity contribution in [2.24, 2.45) is 0 Å². The normalized spacial score (nSPS) is 15.2. The van der Waals surface area contributed by atoms with E-state index in [1.54, 1.807) is 0 Å². The Labute approximate surface area is 115 Å². The predicted molar refractivity (Wildman–Crippen MR) is 68.8 cm³/mol. The molecule has 0 fully saturated rings. The number of hydrogen-bond donors (Lipinski definition) is 2. The summed E-state index contributed by atoms with van der Waals surface area (Å²) in [5.74, 6) is -1.36. The van der Waals surface area contributed by atoms with E-state index in [1.807, 2.05) is 6.92 Å². The van der Waals surface area contributed by atoms with Crippen LogP contribution in [0.25, 0.3) is 0 Å². The monoisotopic (exact) mass is 293 g/mol. The molecule has 0 aromatic heterocycles. The van der Waals surface area contributed by atoms with E-state index >= 15 is 0 Å². The largest absolute Gasteiger partial charge is 0.419 e. The summed E-state index contributed by atoms with van der Waals surface area (Å²) in [6, 6.07) is 2.53. The van der Waals surface area contributed by atoms with Gasteiger partial charge in [-0.1, -0.05) is 13.0 Å². The van der Waals surface area contributed by atoms with Crippen LogP contribution in [0, 0.1) is 5.82 Å². The molecule has 0 bridgehead atoms. The molecule has 0 aliphatic rings. The van der Waals surface area contributed by atoms with E-state index in [-0.39, 0.29) is 12.0 Å². The molecule has 1 aromatic carbocycles. The molecule has 0 spiro atoms. The standard InChI is InChI=1S/C14H19F4NO/c1-3-7-19-8-6-13(2,20)10-4-5-11(12(15)9-10)14(16,17)18/h4-5,9,19-20H,3,6-8H2,1-2H3. The molecule has 1 rings (SSSR count). The highest BCUT2D eigenvalue weighted by molar-refractivity contribution is 5.30. The molecule has 1 atom stereocenters. The second-order valence-electron chi connectivity index (χ2n) is 4.97. The smallest absolute Gasteiger partial charge is 0.385 e. The second-order valence-corrected chi connectivity index (χ2v) is 4.97. The first-order valence-electron chi connectivity index (χ1n) is 6.49. The molecule has 0 radical (unpaired) electrons. The first-order valence-corrected chi connectivity index (χ1v) is 6.49. The van der Waals surface area contributed by atoms with Gasteiger partial charge in [0.25, 0.3) is 0 Å². The summed E-state index contributed by atoms with van der Waals surface area (Å²) in [6.45, 7) is 4.75. The van der Waals surface area contributed by atoms with E-state index in [0.717, 1.165) is 25.1 Å². The zero-order valence-electron chi connectivity index (χ0n) is 11.5. The Hall–Kier alpha value is -1.14. The lowest BCUT2D eigenvalue weighted by Crippen LogP contribution is -2.28. The summed E-state index contributed by atoms with van der Waals surface area (Å²) in [4.78, 5) is 0. The Morgan fingerprint density at radius 3 is 2.35 bits per heavy atom. The van der Waals surface area contributed by atoms with Crippen LogP contribution in [0.3, 0.4) is 0 Å². The van der Waals surface area contributed by atoms with Crippen LogP contribution < -0.4 is 5.32 Å². The third kappa shape index (κ3) is 4.45. The van der Waals surface area contributed by atoms with E-state index in [0.29, 0.717) is 12.6 Å². The van der Waals surface area contributed by atoms with Crippen molar-refractivity contribution in [2.75, 3.05) is 13.1 Å². The van der Waals surface area contributed by atoms with Crippen LogP contribution in [0.2, 0.25) is 0 Å². The van der Waals surface area contributed by atoms with Gasteiger partial charge < -0.3 is 10.4 Å². The van der Waals surface area contributed by atoms with Crippen LogP contribution in [0.15, 0.2) is 18.2 Å². The molecular weight excluding hydrogens is 274 g/mol. The van der Waals surface area contributed by atoms with Crippen LogP contribution in [-0.4, -0.2) is 18.2 Å². The molecular formula is C14H19F4NO. The van der Waals surface area contributed by atoms with Crippen molar-refractivity contribution in [3.05, 3.63) is 35.1 Å². The van der Waals surface area contributed by atoms with E-state index in [1.165, 1.54) is 6.92 Å². The summed E-state index contributed by atoms with van der Waals surface area (Å²) in [7, 11) is 0. The molecule has 6 heteroatoms.